The van der Waals surface area contributed by atoms with Crippen LogP contribution in [0.25, 0.3) is 0 Å². The van der Waals surface area contributed by atoms with Gasteiger partial charge in [-0.15, -0.1) is 0 Å². The molecular weight excluding hydrogens is 299 g/mol. The van der Waals surface area contributed by atoms with Crippen molar-refractivity contribution in [2.24, 2.45) is 0 Å². The van der Waals surface area contributed by atoms with Crippen LogP contribution < -0.4 is 5.32 Å². The molecule has 8 heteroatoms. The maximum absolute atomic E-state index is 13.3. The average molecular weight is 311 g/mol. The van der Waals surface area contributed by atoms with E-state index in [-0.39, 0.29) is 12.2 Å². The van der Waals surface area contributed by atoms with Crippen molar-refractivity contribution in [3.05, 3.63) is 47.7 Å². The van der Waals surface area contributed by atoms with E-state index < -0.39 is 29.9 Å². The van der Waals surface area contributed by atoms with Gasteiger partial charge in [-0.1, -0.05) is 30.3 Å². The summed E-state index contributed by atoms with van der Waals surface area (Å²) in [5.41, 5.74) is 0.298. The Labute approximate surface area is 123 Å². The van der Waals surface area contributed by atoms with Crippen LogP contribution in [0.5, 0.6) is 0 Å². The predicted molar refractivity (Wildman–Crippen MR) is 71.7 cm³/mol. The molecular formula is C14H12F3N3O2. The number of fused-ring (bicyclic) bond motifs is 1. The Bertz CT molecular complexity index is 697. The van der Waals surface area contributed by atoms with Gasteiger partial charge in [-0.3, -0.25) is 0 Å². The van der Waals surface area contributed by atoms with Gasteiger partial charge in [-0.05, 0) is 5.56 Å². The van der Waals surface area contributed by atoms with E-state index in [0.717, 1.165) is 6.07 Å². The molecule has 0 bridgehead atoms. The van der Waals surface area contributed by atoms with Crippen molar-refractivity contribution in [2.75, 3.05) is 5.32 Å². The van der Waals surface area contributed by atoms with Crippen molar-refractivity contribution in [1.29, 1.82) is 0 Å². The molecule has 0 radical (unpaired) electrons. The number of carbonyl (C=O) groups is 1. The normalized spacial score (nSPS) is 21.0. The summed E-state index contributed by atoms with van der Waals surface area (Å²) in [6.45, 7) is 0. The summed E-state index contributed by atoms with van der Waals surface area (Å²) in [4.78, 5) is 10.9. The van der Waals surface area contributed by atoms with E-state index in [2.05, 4.69) is 10.4 Å². The number of carboxylic acid groups (broad SMARTS) is 1. The zero-order valence-corrected chi connectivity index (χ0v) is 11.2. The molecule has 2 aromatic rings. The molecule has 0 aliphatic carbocycles. The third-order valence-electron chi connectivity index (χ3n) is 3.61. The molecule has 0 spiro atoms. The Morgan fingerprint density at radius 1 is 1.32 bits per heavy atom. The zero-order chi connectivity index (χ0) is 15.9. The minimum absolute atomic E-state index is 0.0554. The lowest BCUT2D eigenvalue weighted by atomic mass is 9.97. The SMILES string of the molecule is O=C(O)c1cc2n(n1)[C@@H](C(F)(F)F)C[C@@H](c1ccccc1)N2. The first-order chi connectivity index (χ1) is 10.4. The van der Waals surface area contributed by atoms with Crippen molar-refractivity contribution < 1.29 is 23.1 Å². The monoisotopic (exact) mass is 311 g/mol. The highest BCUT2D eigenvalue weighted by Crippen LogP contribution is 2.43. The number of halogens is 3. The van der Waals surface area contributed by atoms with Gasteiger partial charge in [0.2, 0.25) is 0 Å². The lowest BCUT2D eigenvalue weighted by molar-refractivity contribution is -0.173. The lowest BCUT2D eigenvalue weighted by Crippen LogP contribution is -2.35. The highest BCUT2D eigenvalue weighted by atomic mass is 19.4. The first-order valence-corrected chi connectivity index (χ1v) is 6.57. The molecule has 0 saturated heterocycles. The Morgan fingerprint density at radius 2 is 2.00 bits per heavy atom. The summed E-state index contributed by atoms with van der Waals surface area (Å²) in [6.07, 6.45) is -4.76. The minimum Gasteiger partial charge on any atom is -0.476 e. The summed E-state index contributed by atoms with van der Waals surface area (Å²) in [7, 11) is 0. The maximum atomic E-state index is 13.3. The number of rotatable bonds is 2. The van der Waals surface area contributed by atoms with E-state index in [1.165, 1.54) is 0 Å². The van der Waals surface area contributed by atoms with Gasteiger partial charge in [-0.25, -0.2) is 9.48 Å². The summed E-state index contributed by atoms with van der Waals surface area (Å²) in [6, 6.07) is 7.43. The zero-order valence-electron chi connectivity index (χ0n) is 11.2. The van der Waals surface area contributed by atoms with Crippen molar-refractivity contribution in [2.45, 2.75) is 24.7 Å². The number of carboxylic acids is 1. The topological polar surface area (TPSA) is 67.1 Å². The number of benzene rings is 1. The fourth-order valence-electron chi connectivity index (χ4n) is 2.58. The van der Waals surface area contributed by atoms with E-state index in [1.54, 1.807) is 30.3 Å². The molecule has 1 aromatic heterocycles. The van der Waals surface area contributed by atoms with Gasteiger partial charge in [0.15, 0.2) is 11.7 Å². The van der Waals surface area contributed by atoms with Crippen molar-refractivity contribution in [3.63, 3.8) is 0 Å². The molecule has 2 atom stereocenters. The van der Waals surface area contributed by atoms with Crippen LogP contribution in [0.15, 0.2) is 36.4 Å². The summed E-state index contributed by atoms with van der Waals surface area (Å²) in [5, 5.41) is 15.4. The number of hydrogen-bond acceptors (Lipinski definition) is 3. The summed E-state index contributed by atoms with van der Waals surface area (Å²) < 4.78 is 40.6. The Hall–Kier alpha value is -2.51. The van der Waals surface area contributed by atoms with Crippen LogP contribution in [0.1, 0.15) is 34.6 Å². The molecule has 1 aliphatic heterocycles. The highest BCUT2D eigenvalue weighted by Gasteiger charge is 2.46. The van der Waals surface area contributed by atoms with Gasteiger partial charge in [-0.2, -0.15) is 18.3 Å². The van der Waals surface area contributed by atoms with E-state index in [4.69, 9.17) is 5.11 Å². The van der Waals surface area contributed by atoms with Gasteiger partial charge in [0.1, 0.15) is 5.82 Å². The number of aromatic nitrogens is 2. The standard InChI is InChI=1S/C14H12F3N3O2/c15-14(16,17)11-6-9(8-4-2-1-3-5-8)18-12-7-10(13(21)22)19-20(11)12/h1-5,7,9,11,18H,6H2,(H,21,22)/t9-,11+/m0/s1. The van der Waals surface area contributed by atoms with Crippen molar-refractivity contribution in [1.82, 2.24) is 9.78 Å². The number of aromatic carboxylic acids is 1. The quantitative estimate of drug-likeness (QED) is 0.893. The first kappa shape index (κ1) is 14.4. The number of alkyl halides is 3. The molecule has 2 N–H and O–H groups in total. The minimum atomic E-state index is -4.51. The molecule has 1 aromatic carbocycles. The molecule has 116 valence electrons. The molecule has 0 saturated carbocycles. The number of nitrogens with zero attached hydrogens (tertiary/aromatic N) is 2. The van der Waals surface area contributed by atoms with Gasteiger partial charge >= 0.3 is 12.1 Å². The summed E-state index contributed by atoms with van der Waals surface area (Å²) in [5.74, 6) is -1.30. The van der Waals surface area contributed by atoms with E-state index in [9.17, 15) is 18.0 Å². The Kier molecular flexibility index (Phi) is 3.31. The van der Waals surface area contributed by atoms with E-state index >= 15 is 0 Å². The van der Waals surface area contributed by atoms with E-state index in [0.29, 0.717) is 10.2 Å². The molecule has 1 aliphatic rings. The maximum Gasteiger partial charge on any atom is 0.410 e. The van der Waals surface area contributed by atoms with E-state index in [1.807, 2.05) is 0 Å². The Morgan fingerprint density at radius 3 is 2.59 bits per heavy atom. The predicted octanol–water partition coefficient (Wildman–Crippen LogP) is 3.24. The van der Waals surface area contributed by atoms with Gasteiger partial charge in [0.25, 0.3) is 0 Å². The van der Waals surface area contributed by atoms with Gasteiger partial charge < -0.3 is 10.4 Å². The molecule has 0 unspecified atom stereocenters. The number of nitrogens with one attached hydrogen (secondary N) is 1. The second-order valence-electron chi connectivity index (χ2n) is 5.07. The Balaban J connectivity index is 2.03. The molecule has 2 heterocycles. The molecule has 22 heavy (non-hydrogen) atoms. The second kappa shape index (κ2) is 5.04. The molecule has 0 amide bonds. The fourth-order valence-corrected chi connectivity index (χ4v) is 2.58. The van der Waals surface area contributed by atoms with Crippen LogP contribution in [0.4, 0.5) is 19.0 Å². The molecule has 5 nitrogen and oxygen atoms in total. The summed E-state index contributed by atoms with van der Waals surface area (Å²) >= 11 is 0. The van der Waals surface area contributed by atoms with Gasteiger partial charge in [0.05, 0.1) is 6.04 Å². The molecule has 0 fully saturated rings. The largest absolute Gasteiger partial charge is 0.476 e. The number of anilines is 1. The lowest BCUT2D eigenvalue weighted by Gasteiger charge is -2.33. The van der Waals surface area contributed by atoms with Crippen LogP contribution in [-0.4, -0.2) is 27.0 Å². The smallest absolute Gasteiger partial charge is 0.410 e. The van der Waals surface area contributed by atoms with Crippen molar-refractivity contribution in [3.8, 4) is 0 Å². The molecule has 3 rings (SSSR count). The number of hydrogen-bond donors (Lipinski definition) is 2. The highest BCUT2D eigenvalue weighted by molar-refractivity contribution is 5.86. The van der Waals surface area contributed by atoms with Crippen LogP contribution in [0, 0.1) is 0 Å². The second-order valence-corrected chi connectivity index (χ2v) is 5.07. The third-order valence-corrected chi connectivity index (χ3v) is 3.61. The third kappa shape index (κ3) is 2.51. The van der Waals surface area contributed by atoms with Crippen molar-refractivity contribution >= 4 is 11.8 Å². The van der Waals surface area contributed by atoms with Crippen LogP contribution >= 0.6 is 0 Å². The van der Waals surface area contributed by atoms with Crippen LogP contribution in [0.3, 0.4) is 0 Å². The fraction of sp³-hybridized carbons (Fsp3) is 0.286. The van der Waals surface area contributed by atoms with Crippen LogP contribution in [-0.2, 0) is 0 Å². The first-order valence-electron chi connectivity index (χ1n) is 6.57. The van der Waals surface area contributed by atoms with Crippen LogP contribution in [0.2, 0.25) is 0 Å². The average Bonchev–Trinajstić information content (AvgIpc) is 2.90. The van der Waals surface area contributed by atoms with Gasteiger partial charge in [0, 0.05) is 12.5 Å².